The van der Waals surface area contributed by atoms with Gasteiger partial charge in [0.05, 0.1) is 0 Å². The molecule has 0 spiro atoms. The molecular formula is C7H20N2Si. The second-order valence-electron chi connectivity index (χ2n) is 2.82. The molecule has 0 aliphatic rings. The first kappa shape index (κ1) is 10.1. The summed E-state index contributed by atoms with van der Waals surface area (Å²) in [7, 11) is 3.63. The molecule has 3 heteroatoms. The van der Waals surface area contributed by atoms with Crippen molar-refractivity contribution >= 4 is 9.12 Å². The molecule has 0 bridgehead atoms. The Morgan fingerprint density at radius 3 is 1.60 bits per heavy atom. The van der Waals surface area contributed by atoms with E-state index in [1.54, 1.807) is 0 Å². The van der Waals surface area contributed by atoms with Crippen molar-refractivity contribution in [2.24, 2.45) is 0 Å². The topological polar surface area (TPSA) is 6.48 Å². The maximum absolute atomic E-state index is 2.56. The molecule has 0 rings (SSSR count). The lowest BCUT2D eigenvalue weighted by Crippen LogP contribution is -2.47. The lowest BCUT2D eigenvalue weighted by molar-refractivity contribution is 0.429. The third-order valence-electron chi connectivity index (χ3n) is 2.09. The smallest absolute Gasteiger partial charge is 0.186 e. The SMILES string of the molecule is CCN(CC)[SiH](C)N(C)C. The molecular weight excluding hydrogens is 140 g/mol. The summed E-state index contributed by atoms with van der Waals surface area (Å²) < 4.78 is 4.92. The third-order valence-corrected chi connectivity index (χ3v) is 5.37. The summed E-state index contributed by atoms with van der Waals surface area (Å²) in [5.74, 6) is 0. The van der Waals surface area contributed by atoms with Gasteiger partial charge in [-0.05, 0) is 33.7 Å². The molecule has 0 fully saturated rings. The van der Waals surface area contributed by atoms with Crippen molar-refractivity contribution in [3.8, 4) is 0 Å². The van der Waals surface area contributed by atoms with Crippen LogP contribution in [0.3, 0.4) is 0 Å². The minimum absolute atomic E-state index is 0.724. The van der Waals surface area contributed by atoms with E-state index in [0.29, 0.717) is 0 Å². The third kappa shape index (κ3) is 2.81. The van der Waals surface area contributed by atoms with Gasteiger partial charge in [0.15, 0.2) is 9.12 Å². The summed E-state index contributed by atoms with van der Waals surface area (Å²) in [5, 5.41) is 0. The largest absolute Gasteiger partial charge is 0.320 e. The van der Waals surface area contributed by atoms with Crippen LogP contribution in [-0.4, -0.2) is 45.4 Å². The van der Waals surface area contributed by atoms with Crippen molar-refractivity contribution in [3.63, 3.8) is 0 Å². The van der Waals surface area contributed by atoms with Gasteiger partial charge in [0, 0.05) is 0 Å². The molecule has 0 aliphatic carbocycles. The molecule has 1 unspecified atom stereocenters. The number of rotatable bonds is 4. The molecule has 0 heterocycles. The highest BCUT2D eigenvalue weighted by Crippen LogP contribution is 1.95. The summed E-state index contributed by atoms with van der Waals surface area (Å²) >= 11 is 0. The predicted molar refractivity (Wildman–Crippen MR) is 49.6 cm³/mol. The van der Waals surface area contributed by atoms with E-state index >= 15 is 0 Å². The molecule has 0 aliphatic heterocycles. The van der Waals surface area contributed by atoms with Crippen LogP contribution in [0.5, 0.6) is 0 Å². The van der Waals surface area contributed by atoms with Crippen molar-refractivity contribution in [2.75, 3.05) is 27.2 Å². The van der Waals surface area contributed by atoms with Gasteiger partial charge >= 0.3 is 0 Å². The van der Waals surface area contributed by atoms with Crippen LogP contribution in [0, 0.1) is 0 Å². The summed E-state index contributed by atoms with van der Waals surface area (Å²) in [6, 6.07) is 0. The summed E-state index contributed by atoms with van der Waals surface area (Å²) in [4.78, 5) is 0. The summed E-state index contributed by atoms with van der Waals surface area (Å²) in [5.41, 5.74) is 0. The minimum Gasteiger partial charge on any atom is -0.320 e. The van der Waals surface area contributed by atoms with Gasteiger partial charge < -0.3 is 9.13 Å². The number of hydrogen-bond donors (Lipinski definition) is 0. The van der Waals surface area contributed by atoms with E-state index < -0.39 is 9.12 Å². The van der Waals surface area contributed by atoms with Gasteiger partial charge in [-0.2, -0.15) is 0 Å². The van der Waals surface area contributed by atoms with Crippen molar-refractivity contribution in [1.29, 1.82) is 0 Å². The summed E-state index contributed by atoms with van der Waals surface area (Å²) in [6.45, 7) is 9.23. The van der Waals surface area contributed by atoms with Crippen LogP contribution in [0.15, 0.2) is 0 Å². The van der Waals surface area contributed by atoms with Gasteiger partial charge in [-0.25, -0.2) is 0 Å². The molecule has 0 aromatic heterocycles. The average molecular weight is 160 g/mol. The Bertz CT molecular complexity index is 81.7. The van der Waals surface area contributed by atoms with Crippen LogP contribution in [-0.2, 0) is 0 Å². The van der Waals surface area contributed by atoms with E-state index in [9.17, 15) is 0 Å². The highest BCUT2D eigenvalue weighted by atomic mass is 28.3. The molecule has 10 heavy (non-hydrogen) atoms. The Morgan fingerprint density at radius 1 is 1.10 bits per heavy atom. The van der Waals surface area contributed by atoms with Crippen LogP contribution in [0.2, 0.25) is 6.55 Å². The molecule has 0 saturated carbocycles. The highest BCUT2D eigenvalue weighted by Gasteiger charge is 2.12. The fraction of sp³-hybridized carbons (Fsp3) is 1.00. The van der Waals surface area contributed by atoms with Crippen molar-refractivity contribution in [2.45, 2.75) is 20.4 Å². The van der Waals surface area contributed by atoms with Gasteiger partial charge in [-0.15, -0.1) is 0 Å². The molecule has 0 aromatic carbocycles. The van der Waals surface area contributed by atoms with Gasteiger partial charge in [-0.1, -0.05) is 13.8 Å². The first-order valence-electron chi connectivity index (χ1n) is 4.03. The Balaban J connectivity index is 3.76. The van der Waals surface area contributed by atoms with E-state index in [4.69, 9.17) is 0 Å². The Kier molecular flexibility index (Phi) is 4.94. The zero-order valence-corrected chi connectivity index (χ0v) is 9.04. The molecule has 1 atom stereocenters. The van der Waals surface area contributed by atoms with Crippen molar-refractivity contribution in [3.05, 3.63) is 0 Å². The van der Waals surface area contributed by atoms with Crippen molar-refractivity contribution < 1.29 is 0 Å². The van der Waals surface area contributed by atoms with E-state index in [1.807, 2.05) is 0 Å². The van der Waals surface area contributed by atoms with Crippen LogP contribution >= 0.6 is 0 Å². The molecule has 62 valence electrons. The molecule has 0 saturated heterocycles. The van der Waals surface area contributed by atoms with Crippen LogP contribution in [0.25, 0.3) is 0 Å². The maximum Gasteiger partial charge on any atom is 0.186 e. The fourth-order valence-corrected chi connectivity index (χ4v) is 2.79. The van der Waals surface area contributed by atoms with Crippen LogP contribution < -0.4 is 0 Å². The molecule has 0 N–H and O–H groups in total. The van der Waals surface area contributed by atoms with Gasteiger partial charge in [0.2, 0.25) is 0 Å². The van der Waals surface area contributed by atoms with E-state index in [-0.39, 0.29) is 0 Å². The lowest BCUT2D eigenvalue weighted by atomic mass is 10.7. The van der Waals surface area contributed by atoms with Crippen molar-refractivity contribution in [1.82, 2.24) is 9.13 Å². The summed E-state index contributed by atoms with van der Waals surface area (Å²) in [6.07, 6.45) is 0. The zero-order valence-electron chi connectivity index (χ0n) is 7.89. The monoisotopic (exact) mass is 160 g/mol. The second kappa shape index (κ2) is 4.88. The predicted octanol–water partition coefficient (Wildman–Crippen LogP) is 0.740. The Labute approximate surface area is 66.6 Å². The normalized spacial score (nSPS) is 14.7. The number of hydrogen-bond acceptors (Lipinski definition) is 2. The maximum atomic E-state index is 2.56. The molecule has 0 radical (unpaired) electrons. The van der Waals surface area contributed by atoms with E-state index in [0.717, 1.165) is 0 Å². The van der Waals surface area contributed by atoms with Crippen LogP contribution in [0.4, 0.5) is 0 Å². The zero-order chi connectivity index (χ0) is 8.15. The number of nitrogens with zero attached hydrogens (tertiary/aromatic N) is 2. The molecule has 0 aromatic rings. The van der Waals surface area contributed by atoms with Gasteiger partial charge in [0.1, 0.15) is 0 Å². The standard InChI is InChI=1S/C7H20N2Si/c1-6-9(7-2)10(5)8(3)4/h10H,6-7H2,1-5H3. The highest BCUT2D eigenvalue weighted by molar-refractivity contribution is 6.50. The van der Waals surface area contributed by atoms with Crippen LogP contribution in [0.1, 0.15) is 13.8 Å². The lowest BCUT2D eigenvalue weighted by Gasteiger charge is -2.29. The minimum atomic E-state index is -0.724. The van der Waals surface area contributed by atoms with E-state index in [2.05, 4.69) is 43.6 Å². The quantitative estimate of drug-likeness (QED) is 0.560. The first-order chi connectivity index (χ1) is 4.63. The second-order valence-corrected chi connectivity index (χ2v) is 5.84. The first-order valence-corrected chi connectivity index (χ1v) is 6.22. The fourth-order valence-electron chi connectivity index (χ4n) is 1.08. The molecule has 2 nitrogen and oxygen atoms in total. The Morgan fingerprint density at radius 2 is 1.50 bits per heavy atom. The average Bonchev–Trinajstić information content (AvgIpc) is 1.90. The van der Waals surface area contributed by atoms with Gasteiger partial charge in [-0.3, -0.25) is 0 Å². The molecule has 0 amide bonds. The van der Waals surface area contributed by atoms with Gasteiger partial charge in [0.25, 0.3) is 0 Å². The van der Waals surface area contributed by atoms with E-state index in [1.165, 1.54) is 13.1 Å². The Hall–Kier alpha value is 0.137.